The molecule has 0 saturated carbocycles. The lowest BCUT2D eigenvalue weighted by Crippen LogP contribution is -2.20. The minimum Gasteiger partial charge on any atom is -0.466 e. The first kappa shape index (κ1) is 22.0. The number of benzene rings is 2. The number of hydrogen-bond donors (Lipinski definition) is 1. The molecule has 0 unspecified atom stereocenters. The summed E-state index contributed by atoms with van der Waals surface area (Å²) >= 11 is 0. The van der Waals surface area contributed by atoms with Crippen molar-refractivity contribution in [3.63, 3.8) is 0 Å². The van der Waals surface area contributed by atoms with Crippen LogP contribution in [0.15, 0.2) is 65.3 Å². The van der Waals surface area contributed by atoms with Gasteiger partial charge < -0.3 is 23.9 Å². The fourth-order valence-corrected chi connectivity index (χ4v) is 2.94. The molecule has 0 aliphatic carbocycles. The molecule has 3 aromatic rings. The van der Waals surface area contributed by atoms with E-state index in [-0.39, 0.29) is 36.4 Å². The van der Waals surface area contributed by atoms with E-state index in [9.17, 15) is 9.59 Å². The number of furan rings is 1. The Labute approximate surface area is 180 Å². The van der Waals surface area contributed by atoms with Gasteiger partial charge in [-0.3, -0.25) is 9.59 Å². The maximum Gasteiger partial charge on any atom is 0.250 e. The molecular formula is C24H23NO6. The zero-order chi connectivity index (χ0) is 22.1. The van der Waals surface area contributed by atoms with Gasteiger partial charge >= 0.3 is 0 Å². The number of ether oxygens (including phenoxy) is 3. The van der Waals surface area contributed by atoms with Gasteiger partial charge in [0.25, 0.3) is 0 Å². The van der Waals surface area contributed by atoms with E-state index >= 15 is 0 Å². The standard InChI is InChI=1S/C24H23NO6/c1-28-15-21(26)25-20-13-11-18(10-12-19-9-6-14-30-19)24(31-16-29-2)22(20)23(27)17-7-4-3-5-8-17/h3-14H,15-16H2,1-2H3,(H,25,26)/b12-10+. The van der Waals surface area contributed by atoms with Gasteiger partial charge in [-0.25, -0.2) is 0 Å². The number of ketones is 1. The first-order valence-electron chi connectivity index (χ1n) is 9.53. The van der Waals surface area contributed by atoms with Crippen molar-refractivity contribution in [3.8, 4) is 5.75 Å². The van der Waals surface area contributed by atoms with E-state index in [1.807, 2.05) is 12.1 Å². The summed E-state index contributed by atoms with van der Waals surface area (Å²) in [5, 5.41) is 2.73. The molecule has 3 rings (SSSR count). The van der Waals surface area contributed by atoms with Crippen molar-refractivity contribution in [2.45, 2.75) is 0 Å². The minimum atomic E-state index is -0.388. The Bertz CT molecular complexity index is 1040. The second-order valence-electron chi connectivity index (χ2n) is 6.48. The summed E-state index contributed by atoms with van der Waals surface area (Å²) in [4.78, 5) is 25.6. The number of anilines is 1. The summed E-state index contributed by atoms with van der Waals surface area (Å²) in [7, 11) is 2.91. The Morgan fingerprint density at radius 3 is 2.45 bits per heavy atom. The SMILES string of the molecule is COCOc1c(/C=C/c2ccco2)ccc(NC(=O)COC)c1C(=O)c1ccccc1. The summed E-state index contributed by atoms with van der Waals surface area (Å²) in [6.07, 6.45) is 5.10. The number of nitrogens with one attached hydrogen (secondary N) is 1. The molecule has 1 N–H and O–H groups in total. The zero-order valence-corrected chi connectivity index (χ0v) is 17.3. The third-order valence-electron chi connectivity index (χ3n) is 4.29. The van der Waals surface area contributed by atoms with E-state index in [1.165, 1.54) is 14.2 Å². The van der Waals surface area contributed by atoms with E-state index in [1.54, 1.807) is 60.9 Å². The Balaban J connectivity index is 2.12. The molecule has 2 aromatic carbocycles. The molecule has 0 radical (unpaired) electrons. The molecule has 1 heterocycles. The Morgan fingerprint density at radius 1 is 0.968 bits per heavy atom. The number of hydrogen-bond acceptors (Lipinski definition) is 6. The van der Waals surface area contributed by atoms with Crippen molar-refractivity contribution in [2.75, 3.05) is 32.9 Å². The first-order chi connectivity index (χ1) is 15.1. The lowest BCUT2D eigenvalue weighted by atomic mass is 9.97. The van der Waals surface area contributed by atoms with Gasteiger partial charge in [-0.05, 0) is 36.4 Å². The summed E-state index contributed by atoms with van der Waals surface area (Å²) in [5.41, 5.74) is 1.61. The fraction of sp³-hybridized carbons (Fsp3) is 0.167. The van der Waals surface area contributed by atoms with Gasteiger partial charge in [0.2, 0.25) is 5.91 Å². The quantitative estimate of drug-likeness (QED) is 0.389. The zero-order valence-electron chi connectivity index (χ0n) is 17.3. The molecule has 0 aliphatic heterocycles. The molecule has 0 saturated heterocycles. The fourth-order valence-electron chi connectivity index (χ4n) is 2.94. The van der Waals surface area contributed by atoms with Gasteiger partial charge in [0.15, 0.2) is 12.6 Å². The Morgan fingerprint density at radius 2 is 1.77 bits per heavy atom. The van der Waals surface area contributed by atoms with Gasteiger partial charge in [-0.2, -0.15) is 0 Å². The average Bonchev–Trinajstić information content (AvgIpc) is 3.31. The summed E-state index contributed by atoms with van der Waals surface area (Å²) in [6, 6.07) is 15.8. The number of methoxy groups -OCH3 is 2. The predicted octanol–water partition coefficient (Wildman–Crippen LogP) is 4.25. The lowest BCUT2D eigenvalue weighted by Gasteiger charge is -2.18. The number of amides is 1. The molecule has 0 fully saturated rings. The second-order valence-corrected chi connectivity index (χ2v) is 6.48. The third kappa shape index (κ3) is 5.69. The van der Waals surface area contributed by atoms with Crippen molar-refractivity contribution < 1.29 is 28.2 Å². The molecule has 160 valence electrons. The van der Waals surface area contributed by atoms with Crippen molar-refractivity contribution >= 4 is 29.5 Å². The van der Waals surface area contributed by atoms with Crippen LogP contribution in [0, 0.1) is 0 Å². The van der Waals surface area contributed by atoms with Gasteiger partial charge in [-0.15, -0.1) is 0 Å². The summed E-state index contributed by atoms with van der Waals surface area (Å²) in [5.74, 6) is 0.244. The molecule has 0 bridgehead atoms. The maximum atomic E-state index is 13.4. The molecule has 0 aliphatic rings. The normalized spacial score (nSPS) is 10.9. The van der Waals surface area contributed by atoms with Gasteiger partial charge in [0.1, 0.15) is 18.1 Å². The van der Waals surface area contributed by atoms with Crippen molar-refractivity contribution in [1.29, 1.82) is 0 Å². The molecule has 0 atom stereocenters. The predicted molar refractivity (Wildman–Crippen MR) is 117 cm³/mol. The van der Waals surface area contributed by atoms with Crippen molar-refractivity contribution in [3.05, 3.63) is 83.3 Å². The van der Waals surface area contributed by atoms with Gasteiger partial charge in [-0.1, -0.05) is 30.3 Å². The monoisotopic (exact) mass is 421 g/mol. The van der Waals surface area contributed by atoms with E-state index < -0.39 is 0 Å². The van der Waals surface area contributed by atoms with Crippen LogP contribution in [0.3, 0.4) is 0 Å². The van der Waals surface area contributed by atoms with E-state index in [4.69, 9.17) is 18.6 Å². The number of rotatable bonds is 10. The van der Waals surface area contributed by atoms with Crippen LogP contribution >= 0.6 is 0 Å². The van der Waals surface area contributed by atoms with E-state index in [2.05, 4.69) is 5.32 Å². The highest BCUT2D eigenvalue weighted by Gasteiger charge is 2.23. The minimum absolute atomic E-state index is 0.0772. The topological polar surface area (TPSA) is 87.0 Å². The molecule has 31 heavy (non-hydrogen) atoms. The molecular weight excluding hydrogens is 398 g/mol. The van der Waals surface area contributed by atoms with Crippen LogP contribution in [0.25, 0.3) is 12.2 Å². The highest BCUT2D eigenvalue weighted by atomic mass is 16.7. The molecule has 1 amide bonds. The van der Waals surface area contributed by atoms with Crippen LogP contribution in [0.4, 0.5) is 5.69 Å². The van der Waals surface area contributed by atoms with Crippen LogP contribution in [0.2, 0.25) is 0 Å². The third-order valence-corrected chi connectivity index (χ3v) is 4.29. The van der Waals surface area contributed by atoms with E-state index in [0.717, 1.165) is 0 Å². The average molecular weight is 421 g/mol. The largest absolute Gasteiger partial charge is 0.466 e. The van der Waals surface area contributed by atoms with Crippen LogP contribution in [-0.4, -0.2) is 39.3 Å². The van der Waals surface area contributed by atoms with E-state index in [0.29, 0.717) is 22.6 Å². The Hall–Kier alpha value is -3.68. The van der Waals surface area contributed by atoms with Crippen molar-refractivity contribution in [1.82, 2.24) is 0 Å². The van der Waals surface area contributed by atoms with Crippen LogP contribution in [0.5, 0.6) is 5.75 Å². The molecule has 0 spiro atoms. The molecule has 1 aromatic heterocycles. The Kier molecular flexibility index (Phi) is 7.75. The molecule has 7 nitrogen and oxygen atoms in total. The summed E-state index contributed by atoms with van der Waals surface area (Å²) < 4.78 is 21.1. The highest BCUT2D eigenvalue weighted by molar-refractivity contribution is 6.16. The number of carbonyl (C=O) groups excluding carboxylic acids is 2. The smallest absolute Gasteiger partial charge is 0.250 e. The van der Waals surface area contributed by atoms with Crippen molar-refractivity contribution in [2.24, 2.45) is 0 Å². The van der Waals surface area contributed by atoms with Gasteiger partial charge in [0.05, 0.1) is 17.5 Å². The number of carbonyl (C=O) groups is 2. The lowest BCUT2D eigenvalue weighted by molar-refractivity contribution is -0.119. The second kappa shape index (κ2) is 10.9. The molecule has 7 heteroatoms. The van der Waals surface area contributed by atoms with Crippen LogP contribution in [0.1, 0.15) is 27.2 Å². The maximum absolute atomic E-state index is 13.4. The highest BCUT2D eigenvalue weighted by Crippen LogP contribution is 2.34. The van der Waals surface area contributed by atoms with Crippen LogP contribution in [-0.2, 0) is 14.3 Å². The summed E-state index contributed by atoms with van der Waals surface area (Å²) in [6.45, 7) is -0.223. The van der Waals surface area contributed by atoms with Gasteiger partial charge in [0, 0.05) is 25.3 Å². The van der Waals surface area contributed by atoms with Crippen LogP contribution < -0.4 is 10.1 Å². The first-order valence-corrected chi connectivity index (χ1v) is 9.53.